The number of anilines is 2. The molecule has 0 saturated carbocycles. The van der Waals surface area contributed by atoms with Crippen LogP contribution in [-0.2, 0) is 15.0 Å². The number of nitrogens with zero attached hydrogens (tertiary/aromatic N) is 1. The van der Waals surface area contributed by atoms with Gasteiger partial charge in [0.2, 0.25) is 11.8 Å². The Morgan fingerprint density at radius 2 is 1.97 bits per heavy atom. The molecule has 1 spiro atoms. The molecule has 2 N–H and O–H groups in total. The first kappa shape index (κ1) is 19.7. The number of fused-ring (bicyclic) bond motifs is 4. The largest absolute Gasteiger partial charge is 0.477 e. The average molecular weight is 457 g/mol. The van der Waals surface area contributed by atoms with Crippen molar-refractivity contribution >= 4 is 52.1 Å². The van der Waals surface area contributed by atoms with E-state index >= 15 is 0 Å². The lowest BCUT2D eigenvalue weighted by atomic mass is 9.74. The normalized spacial score (nSPS) is 19.4. The van der Waals surface area contributed by atoms with E-state index in [0.29, 0.717) is 21.2 Å². The van der Waals surface area contributed by atoms with Crippen LogP contribution in [0.4, 0.5) is 15.8 Å². The number of thiophene rings is 1. The number of carboxylic acid groups (broad SMARTS) is 1. The zero-order chi connectivity index (χ0) is 22.1. The number of carboxylic acids is 1. The van der Waals surface area contributed by atoms with E-state index < -0.39 is 23.1 Å². The standard InChI is InChI=1S/C22H14ClFN2O4S/c1-26-17-11(6-4-7-12(17)23)22(21(26)30)9-14(27)25-16-15(10-5-2-3-8-13(10)24)18(20(28)29)31-19(16)22/h2-8H,9H2,1H3,(H,25,27)(H,28,29). The lowest BCUT2D eigenvalue weighted by Crippen LogP contribution is -2.45. The van der Waals surface area contributed by atoms with Gasteiger partial charge in [-0.05, 0) is 17.7 Å². The average Bonchev–Trinajstić information content (AvgIpc) is 3.20. The molecule has 2 aliphatic heterocycles. The van der Waals surface area contributed by atoms with Crippen molar-refractivity contribution < 1.29 is 23.9 Å². The van der Waals surface area contributed by atoms with Crippen molar-refractivity contribution in [3.63, 3.8) is 0 Å². The van der Waals surface area contributed by atoms with E-state index in [1.807, 2.05) is 0 Å². The molecule has 0 radical (unpaired) electrons. The van der Waals surface area contributed by atoms with Gasteiger partial charge in [-0.1, -0.05) is 41.9 Å². The van der Waals surface area contributed by atoms with E-state index in [0.717, 1.165) is 11.3 Å². The Bertz CT molecular complexity index is 1320. The summed E-state index contributed by atoms with van der Waals surface area (Å²) < 4.78 is 14.7. The number of benzene rings is 2. The van der Waals surface area contributed by atoms with Crippen molar-refractivity contribution in [3.8, 4) is 11.1 Å². The molecule has 1 unspecified atom stereocenters. The van der Waals surface area contributed by atoms with Gasteiger partial charge in [0.05, 0.1) is 27.7 Å². The molecule has 0 fully saturated rings. The highest BCUT2D eigenvalue weighted by Gasteiger charge is 2.57. The van der Waals surface area contributed by atoms with Crippen molar-refractivity contribution in [3.05, 3.63) is 68.6 Å². The number of hydrogen-bond donors (Lipinski definition) is 2. The summed E-state index contributed by atoms with van der Waals surface area (Å²) in [6.45, 7) is 0. The maximum Gasteiger partial charge on any atom is 0.346 e. The van der Waals surface area contributed by atoms with Gasteiger partial charge in [-0.3, -0.25) is 9.59 Å². The molecule has 5 rings (SSSR count). The molecule has 1 atom stereocenters. The minimum Gasteiger partial charge on any atom is -0.477 e. The van der Waals surface area contributed by atoms with Crippen molar-refractivity contribution in [1.82, 2.24) is 0 Å². The maximum absolute atomic E-state index is 14.7. The molecule has 9 heteroatoms. The first-order chi connectivity index (χ1) is 14.8. The summed E-state index contributed by atoms with van der Waals surface area (Å²) in [4.78, 5) is 40.1. The SMILES string of the molecule is CN1C(=O)C2(CC(=O)Nc3c2sc(C(=O)O)c3-c2ccccc2F)c2cccc(Cl)c21. The second-order valence-corrected chi connectivity index (χ2v) is 8.85. The Kier molecular flexibility index (Phi) is 4.22. The predicted molar refractivity (Wildman–Crippen MR) is 116 cm³/mol. The number of nitrogens with one attached hydrogen (secondary N) is 1. The molecular formula is C22H14ClFN2O4S. The molecule has 3 heterocycles. The van der Waals surface area contributed by atoms with Crippen LogP contribution in [0.3, 0.4) is 0 Å². The number of para-hydroxylation sites is 1. The van der Waals surface area contributed by atoms with Gasteiger partial charge in [-0.2, -0.15) is 0 Å². The van der Waals surface area contributed by atoms with Crippen LogP contribution in [-0.4, -0.2) is 29.9 Å². The highest BCUT2D eigenvalue weighted by Crippen LogP contribution is 2.58. The highest BCUT2D eigenvalue weighted by molar-refractivity contribution is 7.15. The van der Waals surface area contributed by atoms with Crippen molar-refractivity contribution in [2.24, 2.45) is 0 Å². The summed E-state index contributed by atoms with van der Waals surface area (Å²) in [5.74, 6) is -2.75. The molecule has 2 aliphatic rings. The van der Waals surface area contributed by atoms with Crippen LogP contribution >= 0.6 is 22.9 Å². The third kappa shape index (κ3) is 2.52. The quantitative estimate of drug-likeness (QED) is 0.594. The van der Waals surface area contributed by atoms with Crippen LogP contribution in [0.15, 0.2) is 42.5 Å². The summed E-state index contributed by atoms with van der Waals surface area (Å²) in [6.07, 6.45) is -0.202. The third-order valence-electron chi connectivity index (χ3n) is 5.78. The van der Waals surface area contributed by atoms with Gasteiger partial charge in [0, 0.05) is 18.2 Å². The zero-order valence-corrected chi connectivity index (χ0v) is 17.6. The Hall–Kier alpha value is -3.23. The highest BCUT2D eigenvalue weighted by atomic mass is 35.5. The van der Waals surface area contributed by atoms with E-state index in [4.69, 9.17) is 11.6 Å². The van der Waals surface area contributed by atoms with E-state index in [-0.39, 0.29) is 34.0 Å². The first-order valence-corrected chi connectivity index (χ1v) is 10.5. The lowest BCUT2D eigenvalue weighted by Gasteiger charge is -2.32. The second-order valence-electron chi connectivity index (χ2n) is 7.43. The van der Waals surface area contributed by atoms with Gasteiger partial charge >= 0.3 is 5.97 Å². The molecular weight excluding hydrogens is 443 g/mol. The van der Waals surface area contributed by atoms with Crippen LogP contribution in [0, 0.1) is 5.82 Å². The summed E-state index contributed by atoms with van der Waals surface area (Å²) in [7, 11) is 1.57. The Labute approximate surface area is 184 Å². The van der Waals surface area contributed by atoms with Gasteiger partial charge in [0.15, 0.2) is 0 Å². The summed E-state index contributed by atoms with van der Waals surface area (Å²) in [5, 5.41) is 12.9. The molecule has 0 saturated heterocycles. The fourth-order valence-electron chi connectivity index (χ4n) is 4.52. The number of likely N-dealkylation sites (N-methyl/N-ethyl adjacent to an activating group) is 1. The van der Waals surface area contributed by atoms with Gasteiger partial charge in [-0.25, -0.2) is 9.18 Å². The number of amides is 2. The molecule has 2 amide bonds. The molecule has 0 aliphatic carbocycles. The number of carbonyl (C=O) groups excluding carboxylic acids is 2. The van der Waals surface area contributed by atoms with Crippen LogP contribution in [0.25, 0.3) is 11.1 Å². The first-order valence-electron chi connectivity index (χ1n) is 9.30. The molecule has 3 aromatic rings. The number of rotatable bonds is 2. The topological polar surface area (TPSA) is 86.7 Å². The number of aromatic carboxylic acids is 1. The minimum atomic E-state index is -1.43. The van der Waals surface area contributed by atoms with E-state index in [2.05, 4.69) is 5.32 Å². The van der Waals surface area contributed by atoms with E-state index in [1.165, 1.54) is 23.1 Å². The fraction of sp³-hybridized carbons (Fsp3) is 0.136. The molecule has 1 aromatic heterocycles. The summed E-state index contributed by atoms with van der Waals surface area (Å²) in [6, 6.07) is 10.8. The number of hydrogen-bond acceptors (Lipinski definition) is 4. The van der Waals surface area contributed by atoms with Crippen LogP contribution in [0.1, 0.15) is 26.5 Å². The Balaban J connectivity index is 1.89. The Morgan fingerprint density at radius 3 is 2.68 bits per heavy atom. The second kappa shape index (κ2) is 6.63. The van der Waals surface area contributed by atoms with Crippen LogP contribution < -0.4 is 10.2 Å². The third-order valence-corrected chi connectivity index (χ3v) is 7.42. The van der Waals surface area contributed by atoms with Crippen LogP contribution in [0.2, 0.25) is 5.02 Å². The van der Waals surface area contributed by atoms with E-state index in [1.54, 1.807) is 31.3 Å². The van der Waals surface area contributed by atoms with Crippen molar-refractivity contribution in [1.29, 1.82) is 0 Å². The number of carbonyl (C=O) groups is 3. The van der Waals surface area contributed by atoms with Gasteiger partial charge in [0.1, 0.15) is 16.1 Å². The molecule has 156 valence electrons. The zero-order valence-electron chi connectivity index (χ0n) is 16.0. The molecule has 6 nitrogen and oxygen atoms in total. The van der Waals surface area contributed by atoms with E-state index in [9.17, 15) is 23.9 Å². The fourth-order valence-corrected chi connectivity index (χ4v) is 6.13. The Morgan fingerprint density at radius 1 is 1.23 bits per heavy atom. The molecule has 2 aromatic carbocycles. The monoisotopic (exact) mass is 456 g/mol. The minimum absolute atomic E-state index is 0.0415. The molecule has 0 bridgehead atoms. The van der Waals surface area contributed by atoms with Gasteiger partial charge in [-0.15, -0.1) is 11.3 Å². The van der Waals surface area contributed by atoms with Crippen molar-refractivity contribution in [2.45, 2.75) is 11.8 Å². The predicted octanol–water partition coefficient (Wildman–Crippen LogP) is 4.51. The summed E-state index contributed by atoms with van der Waals surface area (Å²) >= 11 is 7.24. The van der Waals surface area contributed by atoms with Crippen LogP contribution in [0.5, 0.6) is 0 Å². The lowest BCUT2D eigenvalue weighted by molar-refractivity contribution is -0.126. The summed E-state index contributed by atoms with van der Waals surface area (Å²) in [5.41, 5.74) is -0.165. The van der Waals surface area contributed by atoms with Gasteiger partial charge < -0.3 is 15.3 Å². The van der Waals surface area contributed by atoms with Crippen molar-refractivity contribution in [2.75, 3.05) is 17.3 Å². The van der Waals surface area contributed by atoms with Gasteiger partial charge in [0.25, 0.3) is 0 Å². The smallest absolute Gasteiger partial charge is 0.346 e. The number of halogens is 2. The maximum atomic E-state index is 14.7. The molecule has 31 heavy (non-hydrogen) atoms.